The number of ether oxygens (including phenoxy) is 16. The van der Waals surface area contributed by atoms with Crippen molar-refractivity contribution < 1.29 is 121 Å². The summed E-state index contributed by atoms with van der Waals surface area (Å²) in [6.45, 7) is 14.1. The quantitative estimate of drug-likeness (QED) is 0.0903. The maximum atomic E-state index is 12.8. The molecule has 25 nitrogen and oxygen atoms in total. The summed E-state index contributed by atoms with van der Waals surface area (Å²) in [5.41, 5.74) is -3.64. The molecule has 25 heteroatoms. The molecule has 494 valence electrons. The van der Waals surface area contributed by atoms with Crippen molar-refractivity contribution in [2.45, 2.75) is 310 Å². The van der Waals surface area contributed by atoms with E-state index < -0.39 is 200 Å². The van der Waals surface area contributed by atoms with Gasteiger partial charge in [-0.1, -0.05) is 25.5 Å². The second-order valence-electron chi connectivity index (χ2n) is 26.8. The van der Waals surface area contributed by atoms with Crippen LogP contribution < -0.4 is 0 Å². The Morgan fingerprint density at radius 3 is 1.44 bits per heavy atom. The predicted molar refractivity (Wildman–Crippen MR) is 297 cm³/mol. The lowest BCUT2D eigenvalue weighted by Gasteiger charge is -2.66. The van der Waals surface area contributed by atoms with E-state index in [0.717, 1.165) is 5.57 Å². The van der Waals surface area contributed by atoms with E-state index >= 15 is 0 Å². The highest BCUT2D eigenvalue weighted by atomic mass is 16.8. The molecule has 0 aromatic rings. The molecule has 8 N–H and O–H groups in total. The Morgan fingerprint density at radius 2 is 1.00 bits per heavy atom. The highest BCUT2D eigenvalue weighted by molar-refractivity contribution is 5.80. The molecule has 0 amide bonds. The molecule has 0 spiro atoms. The van der Waals surface area contributed by atoms with E-state index in [0.29, 0.717) is 44.9 Å². The minimum Gasteiger partial charge on any atom is -0.394 e. The Bertz CT molecular complexity index is 2290. The number of hydrogen-bond donors (Lipinski definition) is 8. The molecule has 33 unspecified atom stereocenters. The van der Waals surface area contributed by atoms with Crippen LogP contribution in [0.4, 0.5) is 0 Å². The van der Waals surface area contributed by atoms with Gasteiger partial charge in [0.15, 0.2) is 37.7 Å². The second kappa shape index (κ2) is 26.8. The summed E-state index contributed by atoms with van der Waals surface area (Å²) in [6, 6.07) is 0. The number of carbonyl (C=O) groups excluding carboxylic acids is 1. The van der Waals surface area contributed by atoms with Gasteiger partial charge in [0.2, 0.25) is 0 Å². The highest BCUT2D eigenvalue weighted by Crippen LogP contribution is 2.69. The van der Waals surface area contributed by atoms with Gasteiger partial charge in [-0.3, -0.25) is 4.79 Å². The van der Waals surface area contributed by atoms with Gasteiger partial charge in [-0.25, -0.2) is 0 Å². The molecule has 9 fully saturated rings. The summed E-state index contributed by atoms with van der Waals surface area (Å²) in [4.78, 5) is 12.8. The van der Waals surface area contributed by atoms with Crippen LogP contribution in [-0.4, -0.2) is 259 Å². The third-order valence-electron chi connectivity index (χ3n) is 22.0. The molecule has 10 aliphatic rings. The highest BCUT2D eigenvalue weighted by Gasteiger charge is 2.76. The van der Waals surface area contributed by atoms with Crippen LogP contribution in [-0.2, 0) is 80.6 Å². The first kappa shape index (κ1) is 67.3. The number of rotatable bonds is 18. The molecular formula is C61H100O25. The summed E-state index contributed by atoms with van der Waals surface area (Å²) in [6.07, 6.45) is -14.6. The fourth-order valence-electron chi connectivity index (χ4n) is 17.0. The molecule has 3 saturated carbocycles. The molecule has 4 aliphatic carbocycles. The molecule has 86 heavy (non-hydrogen) atoms. The SMILES string of the molecule is COC1CC(OC2C(O)CC(OC3CCC4(C)C(=CCC5(O)C4CC(O)C4(C)C(C(C)=O)CCC54O)C3)OC2C)OC(C)C1OC1CC(OC)C(OC2CC(OC)C(OC3CC(OC)C(OC4OC(CO)C(O)C(O)C4O)C(C)O3)C(C)O2)C(C)O1. The van der Waals surface area contributed by atoms with Crippen molar-refractivity contribution in [3.05, 3.63) is 11.6 Å². The summed E-state index contributed by atoms with van der Waals surface area (Å²) in [5, 5.41) is 89.2. The minimum absolute atomic E-state index is 0.0732. The Morgan fingerprint density at radius 1 is 0.558 bits per heavy atom. The van der Waals surface area contributed by atoms with Crippen LogP contribution >= 0.6 is 0 Å². The number of carbonyl (C=O) groups is 1. The zero-order chi connectivity index (χ0) is 62.1. The lowest BCUT2D eigenvalue weighted by atomic mass is 9.43. The van der Waals surface area contributed by atoms with Crippen LogP contribution in [0.2, 0.25) is 0 Å². The maximum absolute atomic E-state index is 12.8. The summed E-state index contributed by atoms with van der Waals surface area (Å²) >= 11 is 0. The van der Waals surface area contributed by atoms with E-state index in [-0.39, 0.29) is 44.0 Å². The Balaban J connectivity index is 0.677. The fourth-order valence-corrected chi connectivity index (χ4v) is 17.0. The van der Waals surface area contributed by atoms with Crippen molar-refractivity contribution in [2.75, 3.05) is 35.0 Å². The lowest BCUT2D eigenvalue weighted by molar-refractivity contribution is -0.359. The van der Waals surface area contributed by atoms with Crippen molar-refractivity contribution >= 4 is 5.78 Å². The molecule has 6 aliphatic heterocycles. The zero-order valence-electron chi connectivity index (χ0n) is 52.0. The first-order chi connectivity index (χ1) is 40.7. The number of aliphatic hydroxyl groups is 8. The molecule has 0 bridgehead atoms. The third kappa shape index (κ3) is 12.4. The summed E-state index contributed by atoms with van der Waals surface area (Å²) in [7, 11) is 6.32. The zero-order valence-corrected chi connectivity index (χ0v) is 52.0. The van der Waals surface area contributed by atoms with Gasteiger partial charge in [-0.05, 0) is 91.9 Å². The number of hydrogen-bond acceptors (Lipinski definition) is 25. The maximum Gasteiger partial charge on any atom is 0.187 e. The van der Waals surface area contributed by atoms with Gasteiger partial charge < -0.3 is 117 Å². The average Bonchev–Trinajstić information content (AvgIpc) is 1.31. The van der Waals surface area contributed by atoms with Gasteiger partial charge in [0.1, 0.15) is 71.9 Å². The molecule has 0 aromatic heterocycles. The van der Waals surface area contributed by atoms with Gasteiger partial charge in [0.05, 0.1) is 79.9 Å². The Hall–Kier alpha value is -1.55. The lowest BCUT2D eigenvalue weighted by Crippen LogP contribution is -2.75. The van der Waals surface area contributed by atoms with Gasteiger partial charge >= 0.3 is 0 Å². The summed E-state index contributed by atoms with van der Waals surface area (Å²) in [5.74, 6) is -1.01. The Labute approximate surface area is 504 Å². The Kier molecular flexibility index (Phi) is 21.0. The normalized spacial score (nSPS) is 53.4. The monoisotopic (exact) mass is 1230 g/mol. The van der Waals surface area contributed by atoms with E-state index in [1.165, 1.54) is 14.0 Å². The topological polar surface area (TPSA) is 327 Å². The molecular weight excluding hydrogens is 1130 g/mol. The number of methoxy groups -OCH3 is 4. The van der Waals surface area contributed by atoms with Crippen molar-refractivity contribution in [1.29, 1.82) is 0 Å². The summed E-state index contributed by atoms with van der Waals surface area (Å²) < 4.78 is 100. The third-order valence-corrected chi connectivity index (χ3v) is 22.0. The molecule has 33 atom stereocenters. The van der Waals surface area contributed by atoms with Crippen molar-refractivity contribution in [3.8, 4) is 0 Å². The molecule has 0 radical (unpaired) electrons. The number of fused-ring (bicyclic) bond motifs is 5. The van der Waals surface area contributed by atoms with Crippen LogP contribution in [0, 0.1) is 22.7 Å². The van der Waals surface area contributed by atoms with Crippen LogP contribution in [0.5, 0.6) is 0 Å². The standard InChI is InChI=1S/C61H100O25/c1-27(63)35-15-18-61(70)59(35,8)43(65)25-42-58(7)16-14-34(19-33(58)13-17-60(42,61)69)80-44-20-36(64)52(28(2)75-44)82-45-21-37(71-9)53(29(3)76-45)83-46-22-38(72-10)54(30(4)77-46)84-47-23-39(73-11)55(31(5)78-47)85-48-24-40(74-12)56(32(6)79-48)86-57-51(68)50(67)49(66)41(26-62)81-57/h13,28-32,34-57,62,64-70H,14-26H2,1-12H3. The minimum atomic E-state index is -1.62. The molecule has 0 aromatic carbocycles. The van der Waals surface area contributed by atoms with Gasteiger partial charge in [0, 0.05) is 77.8 Å². The van der Waals surface area contributed by atoms with Crippen LogP contribution in [0.25, 0.3) is 0 Å². The van der Waals surface area contributed by atoms with E-state index in [1.807, 2.05) is 27.7 Å². The first-order valence-electron chi connectivity index (χ1n) is 31.4. The molecule has 10 rings (SSSR count). The van der Waals surface area contributed by atoms with Gasteiger partial charge in [-0.2, -0.15) is 0 Å². The average molecular weight is 1230 g/mol. The van der Waals surface area contributed by atoms with E-state index in [9.17, 15) is 45.6 Å². The van der Waals surface area contributed by atoms with Gasteiger partial charge in [0.25, 0.3) is 0 Å². The van der Waals surface area contributed by atoms with Crippen LogP contribution in [0.3, 0.4) is 0 Å². The smallest absolute Gasteiger partial charge is 0.187 e. The largest absolute Gasteiger partial charge is 0.394 e. The molecule has 6 heterocycles. The number of ketones is 1. The van der Waals surface area contributed by atoms with Crippen LogP contribution in [0.15, 0.2) is 11.6 Å². The fraction of sp³-hybridized carbons (Fsp3) is 0.951. The van der Waals surface area contributed by atoms with Crippen molar-refractivity contribution in [2.24, 2.45) is 22.7 Å². The number of Topliss-reactive ketones (excluding diaryl/α,β-unsaturated/α-hetero) is 1. The van der Waals surface area contributed by atoms with Crippen molar-refractivity contribution in [3.63, 3.8) is 0 Å². The van der Waals surface area contributed by atoms with E-state index in [2.05, 4.69) is 13.0 Å². The molecule has 6 saturated heterocycles. The number of aliphatic hydroxyl groups excluding tert-OH is 6. The van der Waals surface area contributed by atoms with E-state index in [1.54, 1.807) is 35.2 Å². The first-order valence-corrected chi connectivity index (χ1v) is 31.4. The van der Waals surface area contributed by atoms with Crippen LogP contribution in [0.1, 0.15) is 132 Å². The van der Waals surface area contributed by atoms with E-state index in [4.69, 9.17) is 75.8 Å². The predicted octanol–water partition coefficient (Wildman–Crippen LogP) is 1.56. The van der Waals surface area contributed by atoms with Gasteiger partial charge in [-0.15, -0.1) is 0 Å². The van der Waals surface area contributed by atoms with Crippen molar-refractivity contribution in [1.82, 2.24) is 0 Å². The second-order valence-corrected chi connectivity index (χ2v) is 26.8.